The second kappa shape index (κ2) is 9.30. The maximum atomic E-state index is 13.4. The Morgan fingerprint density at radius 2 is 1.64 bits per heavy atom. The van der Waals surface area contributed by atoms with Crippen molar-refractivity contribution in [2.24, 2.45) is 17.8 Å². The summed E-state index contributed by atoms with van der Waals surface area (Å²) < 4.78 is 19.0. The van der Waals surface area contributed by atoms with E-state index in [1.54, 1.807) is 0 Å². The van der Waals surface area contributed by atoms with Crippen LogP contribution in [0.4, 0.5) is 10.2 Å². The minimum absolute atomic E-state index is 0.211. The molecule has 6 heteroatoms. The average Bonchev–Trinajstić information content (AvgIpc) is 3.38. The molecule has 5 nitrogen and oxygen atoms in total. The Kier molecular flexibility index (Phi) is 6.05. The second-order valence-corrected chi connectivity index (χ2v) is 10.7. The Balaban J connectivity index is 1.12. The zero-order valence-electron chi connectivity index (χ0n) is 19.4. The van der Waals surface area contributed by atoms with Crippen molar-refractivity contribution >= 4 is 5.82 Å². The van der Waals surface area contributed by atoms with Gasteiger partial charge in [0, 0.05) is 50.0 Å². The molecule has 0 spiro atoms. The minimum atomic E-state index is -0.211. The summed E-state index contributed by atoms with van der Waals surface area (Å²) in [5, 5.41) is 13.1. The van der Waals surface area contributed by atoms with Crippen LogP contribution in [0.2, 0.25) is 0 Å². The quantitative estimate of drug-likeness (QED) is 0.715. The summed E-state index contributed by atoms with van der Waals surface area (Å²) in [7, 11) is 0. The van der Waals surface area contributed by atoms with Gasteiger partial charge in [-0.2, -0.15) is 0 Å². The predicted octanol–water partition coefficient (Wildman–Crippen LogP) is 4.71. The van der Waals surface area contributed by atoms with Crippen molar-refractivity contribution < 1.29 is 9.13 Å². The van der Waals surface area contributed by atoms with Crippen molar-refractivity contribution in [3.63, 3.8) is 0 Å². The van der Waals surface area contributed by atoms with Crippen LogP contribution in [-0.2, 0) is 17.6 Å². The molecule has 33 heavy (non-hydrogen) atoms. The molecule has 1 N–H and O–H groups in total. The molecule has 6 rings (SSSR count). The Hall–Kier alpha value is -2.05. The molecule has 2 aromatic rings. The van der Waals surface area contributed by atoms with Crippen molar-refractivity contribution in [1.82, 2.24) is 15.1 Å². The highest BCUT2D eigenvalue weighted by Crippen LogP contribution is 2.41. The van der Waals surface area contributed by atoms with Gasteiger partial charge >= 0.3 is 0 Å². The van der Waals surface area contributed by atoms with Crippen LogP contribution < -0.4 is 5.32 Å². The van der Waals surface area contributed by atoms with Crippen molar-refractivity contribution in [3.05, 3.63) is 41.2 Å². The lowest BCUT2D eigenvalue weighted by atomic mass is 9.89. The van der Waals surface area contributed by atoms with Gasteiger partial charge in [0.05, 0.1) is 5.69 Å². The van der Waals surface area contributed by atoms with Gasteiger partial charge in [0.1, 0.15) is 5.82 Å². The van der Waals surface area contributed by atoms with Crippen LogP contribution in [0.3, 0.4) is 0 Å². The second-order valence-electron chi connectivity index (χ2n) is 10.7. The molecule has 1 aromatic heterocycles. The first-order chi connectivity index (χ1) is 16.2. The van der Waals surface area contributed by atoms with Gasteiger partial charge in [-0.25, -0.2) is 4.39 Å². The van der Waals surface area contributed by atoms with Crippen molar-refractivity contribution in [2.45, 2.75) is 57.4 Å². The molecule has 1 saturated carbocycles. The van der Waals surface area contributed by atoms with Gasteiger partial charge < -0.3 is 15.0 Å². The number of nitrogens with one attached hydrogen (secondary N) is 1. The summed E-state index contributed by atoms with van der Waals surface area (Å²) in [6.45, 7) is 5.67. The van der Waals surface area contributed by atoms with Crippen LogP contribution >= 0.6 is 0 Å². The standard InChI is InChI=1S/C27H35FN4O/c28-22-7-5-19(6-8-22)26-24-3-1-2-4-25(24)27(31-30-26)29-23-13-20-16-32(17-21(20)14-23)15-18-9-11-33-12-10-18/h5-8,18,20-21,23H,1-4,9-17H2,(H,29,31)/t20-,21+,23+. The largest absolute Gasteiger partial charge is 0.381 e. The summed E-state index contributed by atoms with van der Waals surface area (Å²) in [4.78, 5) is 2.72. The monoisotopic (exact) mass is 450 g/mol. The molecule has 3 heterocycles. The predicted molar refractivity (Wildman–Crippen MR) is 128 cm³/mol. The molecule has 3 fully saturated rings. The van der Waals surface area contributed by atoms with E-state index in [9.17, 15) is 4.39 Å². The van der Waals surface area contributed by atoms with Crippen molar-refractivity contribution in [3.8, 4) is 11.3 Å². The molecular formula is C27H35FN4O. The van der Waals surface area contributed by atoms with E-state index >= 15 is 0 Å². The Labute approximate surface area is 196 Å². The molecule has 0 amide bonds. The number of aromatic nitrogens is 2. The molecular weight excluding hydrogens is 415 g/mol. The summed E-state index contributed by atoms with van der Waals surface area (Å²) in [6, 6.07) is 7.18. The van der Waals surface area contributed by atoms with Crippen molar-refractivity contribution in [1.29, 1.82) is 0 Å². The van der Waals surface area contributed by atoms with Gasteiger partial charge in [0.15, 0.2) is 5.82 Å². The normalized spacial score (nSPS) is 28.0. The lowest BCUT2D eigenvalue weighted by Gasteiger charge is -2.28. The smallest absolute Gasteiger partial charge is 0.152 e. The van der Waals surface area contributed by atoms with E-state index < -0.39 is 0 Å². The lowest BCUT2D eigenvalue weighted by molar-refractivity contribution is 0.0545. The Bertz CT molecular complexity index is 961. The third-order valence-electron chi connectivity index (χ3n) is 8.43. The van der Waals surface area contributed by atoms with Crippen LogP contribution in [0.5, 0.6) is 0 Å². The van der Waals surface area contributed by atoms with Gasteiger partial charge in [-0.3, -0.25) is 0 Å². The van der Waals surface area contributed by atoms with E-state index in [1.807, 2.05) is 12.1 Å². The molecule has 0 unspecified atom stereocenters. The third-order valence-corrected chi connectivity index (χ3v) is 8.43. The molecule has 4 aliphatic rings. The maximum absolute atomic E-state index is 13.4. The first-order valence-electron chi connectivity index (χ1n) is 12.9. The highest BCUT2D eigenvalue weighted by molar-refractivity contribution is 5.67. The van der Waals surface area contributed by atoms with E-state index in [1.165, 1.54) is 81.4 Å². The third kappa shape index (κ3) is 4.52. The fourth-order valence-electron chi connectivity index (χ4n) is 6.76. The summed E-state index contributed by atoms with van der Waals surface area (Å²) in [5.41, 5.74) is 4.55. The van der Waals surface area contributed by atoms with Gasteiger partial charge in [0.2, 0.25) is 0 Å². The number of fused-ring (bicyclic) bond motifs is 2. The topological polar surface area (TPSA) is 50.3 Å². The zero-order chi connectivity index (χ0) is 22.2. The number of hydrogen-bond acceptors (Lipinski definition) is 5. The van der Waals surface area contributed by atoms with E-state index in [-0.39, 0.29) is 5.82 Å². The van der Waals surface area contributed by atoms with E-state index in [4.69, 9.17) is 4.74 Å². The van der Waals surface area contributed by atoms with Gasteiger partial charge in [-0.1, -0.05) is 0 Å². The number of ether oxygens (including phenoxy) is 1. The van der Waals surface area contributed by atoms with Crippen LogP contribution in [0.25, 0.3) is 11.3 Å². The summed E-state index contributed by atoms with van der Waals surface area (Å²) in [6.07, 6.45) is 9.41. The molecule has 0 bridgehead atoms. The Morgan fingerprint density at radius 3 is 2.36 bits per heavy atom. The van der Waals surface area contributed by atoms with Crippen molar-refractivity contribution in [2.75, 3.05) is 38.2 Å². The number of rotatable bonds is 5. The van der Waals surface area contributed by atoms with Gasteiger partial charge in [-0.15, -0.1) is 10.2 Å². The highest BCUT2D eigenvalue weighted by atomic mass is 19.1. The number of nitrogens with zero attached hydrogens (tertiary/aromatic N) is 3. The number of halogens is 1. The minimum Gasteiger partial charge on any atom is -0.381 e. The van der Waals surface area contributed by atoms with E-state index in [2.05, 4.69) is 20.4 Å². The number of likely N-dealkylation sites (tertiary alicyclic amines) is 1. The summed E-state index contributed by atoms with van der Waals surface area (Å²) >= 11 is 0. The van der Waals surface area contributed by atoms with Crippen LogP contribution in [0.1, 0.15) is 49.7 Å². The molecule has 2 aliphatic carbocycles. The lowest BCUT2D eigenvalue weighted by Crippen LogP contribution is -2.32. The SMILES string of the molecule is Fc1ccc(-c2nnc(N[C@H]3C[C@@H]4CN(CC5CCOCC5)C[C@@H]4C3)c3c2CCCC3)cc1. The molecule has 1 aromatic carbocycles. The number of anilines is 1. The molecule has 2 aliphatic heterocycles. The van der Waals surface area contributed by atoms with Gasteiger partial charge in [0.25, 0.3) is 0 Å². The first-order valence-corrected chi connectivity index (χ1v) is 12.9. The van der Waals surface area contributed by atoms with Crippen LogP contribution in [-0.4, -0.2) is 54.0 Å². The average molecular weight is 451 g/mol. The molecule has 3 atom stereocenters. The molecule has 0 radical (unpaired) electrons. The first kappa shape index (κ1) is 21.5. The maximum Gasteiger partial charge on any atom is 0.152 e. The number of benzene rings is 1. The molecule has 2 saturated heterocycles. The number of hydrogen-bond donors (Lipinski definition) is 1. The summed E-state index contributed by atoms with van der Waals surface area (Å²) in [5.74, 6) is 3.23. The highest BCUT2D eigenvalue weighted by Gasteiger charge is 2.41. The van der Waals surface area contributed by atoms with Gasteiger partial charge in [-0.05, 0) is 98.9 Å². The zero-order valence-corrected chi connectivity index (χ0v) is 19.4. The van der Waals surface area contributed by atoms with Crippen LogP contribution in [0, 0.1) is 23.6 Å². The van der Waals surface area contributed by atoms with E-state index in [0.29, 0.717) is 6.04 Å². The fourth-order valence-corrected chi connectivity index (χ4v) is 6.76. The Morgan fingerprint density at radius 1 is 0.939 bits per heavy atom. The fraction of sp³-hybridized carbons (Fsp3) is 0.630. The van der Waals surface area contributed by atoms with E-state index in [0.717, 1.165) is 60.9 Å². The molecule has 176 valence electrons. The van der Waals surface area contributed by atoms with Crippen LogP contribution in [0.15, 0.2) is 24.3 Å².